The standard InChI is InChI=1S/C24H29N5/c1-17-7-4-13-27-23(17)21-10-3-11-22(24-18(2)8-5-14-28-24)29(21)16-19-9-6-12-26-20(19)15-25/h4-9,12-14,21-22H,3,10-11,15-16,25H2,1-2H3. The summed E-state index contributed by atoms with van der Waals surface area (Å²) < 4.78 is 0. The van der Waals surface area contributed by atoms with Crippen LogP contribution in [0.25, 0.3) is 0 Å². The lowest BCUT2D eigenvalue weighted by Gasteiger charge is -2.42. The summed E-state index contributed by atoms with van der Waals surface area (Å²) in [6.45, 7) is 5.56. The normalized spacial score (nSPS) is 20.0. The molecule has 1 aliphatic rings. The molecule has 2 N–H and O–H groups in total. The average molecular weight is 388 g/mol. The Kier molecular flexibility index (Phi) is 5.97. The van der Waals surface area contributed by atoms with Gasteiger partial charge in [-0.1, -0.05) is 18.2 Å². The maximum Gasteiger partial charge on any atom is 0.0604 e. The van der Waals surface area contributed by atoms with Crippen molar-refractivity contribution in [3.8, 4) is 0 Å². The number of piperidine rings is 1. The summed E-state index contributed by atoms with van der Waals surface area (Å²) in [4.78, 5) is 16.7. The molecule has 0 radical (unpaired) electrons. The number of hydrogen-bond acceptors (Lipinski definition) is 5. The number of hydrogen-bond donors (Lipinski definition) is 1. The Balaban J connectivity index is 1.78. The van der Waals surface area contributed by atoms with Crippen molar-refractivity contribution < 1.29 is 0 Å². The molecule has 0 saturated carbocycles. The van der Waals surface area contributed by atoms with Crippen LogP contribution in [0.4, 0.5) is 0 Å². The van der Waals surface area contributed by atoms with Crippen LogP contribution in [0, 0.1) is 13.8 Å². The highest BCUT2D eigenvalue weighted by Crippen LogP contribution is 2.43. The van der Waals surface area contributed by atoms with E-state index >= 15 is 0 Å². The number of pyridine rings is 3. The fourth-order valence-electron chi connectivity index (χ4n) is 4.55. The minimum absolute atomic E-state index is 0.252. The molecular weight excluding hydrogens is 358 g/mol. The van der Waals surface area contributed by atoms with Gasteiger partial charge in [0.25, 0.3) is 0 Å². The first-order chi connectivity index (χ1) is 14.2. The van der Waals surface area contributed by atoms with E-state index in [0.717, 1.165) is 31.5 Å². The number of aryl methyl sites for hydroxylation is 2. The summed E-state index contributed by atoms with van der Waals surface area (Å²) in [5, 5.41) is 0. The van der Waals surface area contributed by atoms with Gasteiger partial charge in [-0.15, -0.1) is 0 Å². The van der Waals surface area contributed by atoms with Crippen molar-refractivity contribution >= 4 is 0 Å². The van der Waals surface area contributed by atoms with Crippen molar-refractivity contribution in [1.82, 2.24) is 19.9 Å². The minimum Gasteiger partial charge on any atom is -0.325 e. The van der Waals surface area contributed by atoms with Gasteiger partial charge in [0, 0.05) is 31.7 Å². The molecule has 1 saturated heterocycles. The highest BCUT2D eigenvalue weighted by Gasteiger charge is 2.35. The number of nitrogens with two attached hydrogens (primary N) is 1. The van der Waals surface area contributed by atoms with Crippen molar-refractivity contribution in [3.05, 3.63) is 88.8 Å². The molecule has 4 heterocycles. The molecule has 150 valence electrons. The largest absolute Gasteiger partial charge is 0.325 e. The van der Waals surface area contributed by atoms with Crippen molar-refractivity contribution in [2.24, 2.45) is 5.73 Å². The van der Waals surface area contributed by atoms with Gasteiger partial charge in [-0.2, -0.15) is 0 Å². The summed E-state index contributed by atoms with van der Waals surface area (Å²) in [5.74, 6) is 0. The zero-order valence-corrected chi connectivity index (χ0v) is 17.3. The van der Waals surface area contributed by atoms with E-state index in [-0.39, 0.29) is 12.1 Å². The van der Waals surface area contributed by atoms with Crippen molar-refractivity contribution in [1.29, 1.82) is 0 Å². The summed E-state index contributed by atoms with van der Waals surface area (Å²) in [6.07, 6.45) is 8.99. The Labute approximate surface area is 173 Å². The Bertz CT molecular complexity index is 917. The van der Waals surface area contributed by atoms with E-state index in [1.807, 2.05) is 36.8 Å². The smallest absolute Gasteiger partial charge is 0.0604 e. The molecule has 3 aromatic heterocycles. The molecule has 1 aliphatic heterocycles. The van der Waals surface area contributed by atoms with Gasteiger partial charge in [0.1, 0.15) is 0 Å². The molecule has 2 atom stereocenters. The van der Waals surface area contributed by atoms with Crippen LogP contribution in [-0.2, 0) is 13.1 Å². The van der Waals surface area contributed by atoms with E-state index in [1.165, 1.54) is 28.1 Å². The Morgan fingerprint density at radius 3 is 1.97 bits per heavy atom. The third kappa shape index (κ3) is 4.07. The fraction of sp³-hybridized carbons (Fsp3) is 0.375. The molecule has 0 aromatic carbocycles. The van der Waals surface area contributed by atoms with E-state index in [2.05, 4.69) is 41.9 Å². The zero-order chi connectivity index (χ0) is 20.2. The first-order valence-electron chi connectivity index (χ1n) is 10.4. The van der Waals surface area contributed by atoms with Gasteiger partial charge >= 0.3 is 0 Å². The summed E-state index contributed by atoms with van der Waals surface area (Å²) in [6, 6.07) is 13.0. The van der Waals surface area contributed by atoms with E-state index in [1.54, 1.807) is 0 Å². The van der Waals surface area contributed by atoms with E-state index < -0.39 is 0 Å². The number of likely N-dealkylation sites (tertiary alicyclic amines) is 1. The van der Waals surface area contributed by atoms with Crippen LogP contribution in [0.5, 0.6) is 0 Å². The van der Waals surface area contributed by atoms with Crippen molar-refractivity contribution in [3.63, 3.8) is 0 Å². The predicted molar refractivity (Wildman–Crippen MR) is 115 cm³/mol. The lowest BCUT2D eigenvalue weighted by Crippen LogP contribution is -2.37. The van der Waals surface area contributed by atoms with Crippen LogP contribution >= 0.6 is 0 Å². The molecule has 5 heteroatoms. The third-order valence-corrected chi connectivity index (χ3v) is 6.02. The van der Waals surface area contributed by atoms with Crippen LogP contribution in [0.3, 0.4) is 0 Å². The van der Waals surface area contributed by atoms with Gasteiger partial charge in [0.2, 0.25) is 0 Å². The van der Waals surface area contributed by atoms with Gasteiger partial charge in [0.15, 0.2) is 0 Å². The highest BCUT2D eigenvalue weighted by atomic mass is 15.2. The molecule has 1 fully saturated rings. The van der Waals surface area contributed by atoms with E-state index in [9.17, 15) is 0 Å². The summed E-state index contributed by atoms with van der Waals surface area (Å²) in [7, 11) is 0. The van der Waals surface area contributed by atoms with Crippen molar-refractivity contribution in [2.45, 2.75) is 58.3 Å². The second-order valence-corrected chi connectivity index (χ2v) is 7.86. The Morgan fingerprint density at radius 1 is 0.862 bits per heavy atom. The molecule has 5 nitrogen and oxygen atoms in total. The highest BCUT2D eigenvalue weighted by molar-refractivity contribution is 5.27. The lowest BCUT2D eigenvalue weighted by atomic mass is 9.88. The molecule has 0 aliphatic carbocycles. The van der Waals surface area contributed by atoms with Gasteiger partial charge in [-0.25, -0.2) is 0 Å². The molecule has 0 amide bonds. The maximum atomic E-state index is 5.99. The van der Waals surface area contributed by atoms with E-state index in [4.69, 9.17) is 15.7 Å². The van der Waals surface area contributed by atoms with Gasteiger partial charge in [-0.3, -0.25) is 19.9 Å². The fourth-order valence-corrected chi connectivity index (χ4v) is 4.55. The van der Waals surface area contributed by atoms with Gasteiger partial charge < -0.3 is 5.73 Å². The number of aromatic nitrogens is 3. The van der Waals surface area contributed by atoms with Crippen LogP contribution in [0.2, 0.25) is 0 Å². The Morgan fingerprint density at radius 2 is 1.41 bits per heavy atom. The maximum absolute atomic E-state index is 5.99. The molecule has 0 spiro atoms. The Hall–Kier alpha value is -2.63. The second kappa shape index (κ2) is 8.80. The van der Waals surface area contributed by atoms with Crippen LogP contribution < -0.4 is 5.73 Å². The second-order valence-electron chi connectivity index (χ2n) is 7.86. The monoisotopic (exact) mass is 387 g/mol. The van der Waals surface area contributed by atoms with Crippen LogP contribution in [0.1, 0.15) is 65.1 Å². The van der Waals surface area contributed by atoms with Crippen LogP contribution in [0.15, 0.2) is 55.0 Å². The zero-order valence-electron chi connectivity index (χ0n) is 17.3. The molecule has 3 aromatic rings. The summed E-state index contributed by atoms with van der Waals surface area (Å²) in [5.41, 5.74) is 13.0. The SMILES string of the molecule is Cc1cccnc1C1CCCC(c2ncccc2C)N1Cc1cccnc1CN. The topological polar surface area (TPSA) is 67.9 Å². The van der Waals surface area contributed by atoms with Crippen molar-refractivity contribution in [2.75, 3.05) is 0 Å². The predicted octanol–water partition coefficient (Wildman–Crippen LogP) is 4.42. The van der Waals surface area contributed by atoms with Crippen LogP contribution in [-0.4, -0.2) is 19.9 Å². The molecular formula is C24H29N5. The minimum atomic E-state index is 0.252. The van der Waals surface area contributed by atoms with E-state index in [0.29, 0.717) is 6.54 Å². The third-order valence-electron chi connectivity index (χ3n) is 6.02. The molecule has 4 rings (SSSR count). The van der Waals surface area contributed by atoms with Gasteiger partial charge in [-0.05, 0) is 68.0 Å². The number of nitrogens with zero attached hydrogens (tertiary/aromatic N) is 4. The average Bonchev–Trinajstić information content (AvgIpc) is 2.75. The first kappa shape index (κ1) is 19.7. The molecule has 2 unspecified atom stereocenters. The molecule has 29 heavy (non-hydrogen) atoms. The summed E-state index contributed by atoms with van der Waals surface area (Å²) >= 11 is 0. The lowest BCUT2D eigenvalue weighted by molar-refractivity contribution is 0.0675. The number of rotatable bonds is 5. The van der Waals surface area contributed by atoms with Gasteiger partial charge in [0.05, 0.1) is 29.2 Å². The molecule has 0 bridgehead atoms. The quantitative estimate of drug-likeness (QED) is 0.702. The first-order valence-corrected chi connectivity index (χ1v) is 10.4.